The van der Waals surface area contributed by atoms with E-state index in [1.165, 1.54) is 0 Å². The fourth-order valence-electron chi connectivity index (χ4n) is 1.79. The van der Waals surface area contributed by atoms with Gasteiger partial charge >= 0.3 is 5.69 Å². The van der Waals surface area contributed by atoms with Gasteiger partial charge in [-0.25, -0.2) is 4.79 Å². The average molecular weight is 327 g/mol. The van der Waals surface area contributed by atoms with Gasteiger partial charge in [0.2, 0.25) is 5.91 Å². The van der Waals surface area contributed by atoms with Crippen LogP contribution >= 0.6 is 15.9 Å². The largest absolute Gasteiger partial charge is 0.325 e. The lowest BCUT2D eigenvalue weighted by molar-refractivity contribution is -0.116. The molecule has 0 aliphatic carbocycles. The fourth-order valence-corrected chi connectivity index (χ4v) is 2.23. The monoisotopic (exact) mass is 326 g/mol. The van der Waals surface area contributed by atoms with Crippen LogP contribution in [0.15, 0.2) is 21.4 Å². The van der Waals surface area contributed by atoms with Crippen molar-refractivity contribution in [1.82, 2.24) is 15.3 Å². The van der Waals surface area contributed by atoms with Crippen molar-refractivity contribution in [2.45, 2.75) is 12.8 Å². The second-order valence-corrected chi connectivity index (χ2v) is 5.07. The number of hydrogen-bond acceptors (Lipinski definition) is 3. The molecule has 2 aromatic rings. The maximum atomic E-state index is 11.7. The zero-order valence-electron chi connectivity index (χ0n) is 10.5. The molecule has 0 aliphatic rings. The number of benzene rings is 1. The molecule has 6 nitrogen and oxygen atoms in total. The van der Waals surface area contributed by atoms with Crippen LogP contribution in [0.25, 0.3) is 11.0 Å². The van der Waals surface area contributed by atoms with Crippen LogP contribution in [-0.4, -0.2) is 29.5 Å². The summed E-state index contributed by atoms with van der Waals surface area (Å²) in [4.78, 5) is 28.2. The van der Waals surface area contributed by atoms with E-state index in [4.69, 9.17) is 0 Å². The molecule has 0 saturated heterocycles. The van der Waals surface area contributed by atoms with Crippen LogP contribution in [0.2, 0.25) is 0 Å². The maximum Gasteiger partial charge on any atom is 0.323 e. The van der Waals surface area contributed by atoms with Crippen LogP contribution in [0.3, 0.4) is 0 Å². The summed E-state index contributed by atoms with van der Waals surface area (Å²) in [6.45, 7) is 0.804. The number of nitrogens with one attached hydrogen (secondary N) is 4. The number of H-pyrrole nitrogens is 2. The van der Waals surface area contributed by atoms with Crippen molar-refractivity contribution in [2.24, 2.45) is 0 Å². The number of hydrogen-bond donors (Lipinski definition) is 4. The van der Waals surface area contributed by atoms with Crippen LogP contribution in [0.4, 0.5) is 5.69 Å². The van der Waals surface area contributed by atoms with E-state index in [9.17, 15) is 9.59 Å². The highest BCUT2D eigenvalue weighted by molar-refractivity contribution is 9.10. The van der Waals surface area contributed by atoms with E-state index in [1.807, 2.05) is 7.05 Å². The van der Waals surface area contributed by atoms with Gasteiger partial charge < -0.3 is 20.6 Å². The summed E-state index contributed by atoms with van der Waals surface area (Å²) >= 11 is 3.37. The summed E-state index contributed by atoms with van der Waals surface area (Å²) in [5, 5.41) is 5.81. The van der Waals surface area contributed by atoms with Crippen LogP contribution in [0.5, 0.6) is 0 Å². The van der Waals surface area contributed by atoms with Gasteiger partial charge in [0.25, 0.3) is 0 Å². The maximum absolute atomic E-state index is 11.7. The molecule has 2 rings (SSSR count). The first-order valence-electron chi connectivity index (χ1n) is 5.96. The molecule has 0 radical (unpaired) electrons. The molecule has 1 aromatic carbocycles. The zero-order chi connectivity index (χ0) is 13.8. The van der Waals surface area contributed by atoms with E-state index in [1.54, 1.807) is 12.1 Å². The molecule has 0 spiro atoms. The van der Waals surface area contributed by atoms with Crippen LogP contribution in [0, 0.1) is 0 Å². The molecule has 0 fully saturated rings. The summed E-state index contributed by atoms with van der Waals surface area (Å²) < 4.78 is 0.734. The first kappa shape index (κ1) is 13.8. The number of rotatable bonds is 5. The Labute approximate surface area is 118 Å². The van der Waals surface area contributed by atoms with Crippen molar-refractivity contribution in [3.05, 3.63) is 27.1 Å². The third-order valence-electron chi connectivity index (χ3n) is 2.71. The number of amides is 1. The standard InChI is InChI=1S/C12H15BrN4O2/c1-14-4-2-3-11(18)15-8-6-10-9(5-7(8)13)16-12(19)17-10/h5-6,14H,2-4H2,1H3,(H,15,18)(H2,16,17,19). The van der Waals surface area contributed by atoms with Crippen molar-refractivity contribution >= 4 is 38.6 Å². The molecule has 0 aliphatic heterocycles. The van der Waals surface area contributed by atoms with E-state index < -0.39 is 0 Å². The summed E-state index contributed by atoms with van der Waals surface area (Å²) in [7, 11) is 1.85. The Kier molecular flexibility index (Phi) is 4.39. The fraction of sp³-hybridized carbons (Fsp3) is 0.333. The van der Waals surface area contributed by atoms with Crippen molar-refractivity contribution in [2.75, 3.05) is 18.9 Å². The van der Waals surface area contributed by atoms with Gasteiger partial charge in [-0.2, -0.15) is 0 Å². The smallest absolute Gasteiger partial charge is 0.323 e. The van der Waals surface area contributed by atoms with E-state index in [0.29, 0.717) is 23.1 Å². The zero-order valence-corrected chi connectivity index (χ0v) is 12.1. The van der Waals surface area contributed by atoms with Crippen LogP contribution < -0.4 is 16.3 Å². The Hall–Kier alpha value is -1.60. The number of anilines is 1. The van der Waals surface area contributed by atoms with Crippen LogP contribution in [0.1, 0.15) is 12.8 Å². The van der Waals surface area contributed by atoms with Gasteiger partial charge in [0, 0.05) is 10.9 Å². The first-order chi connectivity index (χ1) is 9.10. The highest BCUT2D eigenvalue weighted by Gasteiger charge is 2.08. The third-order valence-corrected chi connectivity index (χ3v) is 3.36. The van der Waals surface area contributed by atoms with Gasteiger partial charge in [-0.15, -0.1) is 0 Å². The van der Waals surface area contributed by atoms with Gasteiger partial charge in [0.05, 0.1) is 16.7 Å². The van der Waals surface area contributed by atoms with E-state index in [0.717, 1.165) is 17.4 Å². The normalized spacial score (nSPS) is 10.8. The molecule has 1 amide bonds. The van der Waals surface area contributed by atoms with Gasteiger partial charge in [0.1, 0.15) is 0 Å². The summed E-state index contributed by atoms with van der Waals surface area (Å²) in [6.07, 6.45) is 1.23. The van der Waals surface area contributed by atoms with Gasteiger partial charge in [-0.05, 0) is 48.1 Å². The molecule has 1 heterocycles. The second-order valence-electron chi connectivity index (χ2n) is 4.21. The predicted octanol–water partition coefficient (Wildman–Crippen LogP) is 1.56. The molecule has 0 saturated carbocycles. The first-order valence-corrected chi connectivity index (χ1v) is 6.75. The summed E-state index contributed by atoms with van der Waals surface area (Å²) in [5.41, 5.74) is 1.75. The molecule has 4 N–H and O–H groups in total. The highest BCUT2D eigenvalue weighted by Crippen LogP contribution is 2.26. The van der Waals surface area contributed by atoms with Gasteiger partial charge in [0.15, 0.2) is 0 Å². The van der Waals surface area contributed by atoms with Gasteiger partial charge in [-0.1, -0.05) is 0 Å². The van der Waals surface area contributed by atoms with E-state index >= 15 is 0 Å². The van der Waals surface area contributed by atoms with E-state index in [2.05, 4.69) is 36.5 Å². The molecule has 102 valence electrons. The molecule has 19 heavy (non-hydrogen) atoms. The van der Waals surface area contributed by atoms with Gasteiger partial charge in [-0.3, -0.25) is 4.79 Å². The lowest BCUT2D eigenvalue weighted by Crippen LogP contribution is -2.15. The number of aromatic amines is 2. The lowest BCUT2D eigenvalue weighted by atomic mass is 10.2. The minimum atomic E-state index is -0.264. The van der Waals surface area contributed by atoms with E-state index in [-0.39, 0.29) is 11.6 Å². The number of imidazole rings is 1. The Morgan fingerprint density at radius 3 is 2.68 bits per heavy atom. The highest BCUT2D eigenvalue weighted by atomic mass is 79.9. The average Bonchev–Trinajstić information content (AvgIpc) is 2.69. The number of fused-ring (bicyclic) bond motifs is 1. The Morgan fingerprint density at radius 2 is 2.00 bits per heavy atom. The number of carbonyl (C=O) groups is 1. The third kappa shape index (κ3) is 3.45. The molecule has 0 bridgehead atoms. The number of halogens is 1. The van der Waals surface area contributed by atoms with Crippen molar-refractivity contribution in [3.63, 3.8) is 0 Å². The predicted molar refractivity (Wildman–Crippen MR) is 78.4 cm³/mol. The Balaban J connectivity index is 2.13. The molecular formula is C12H15BrN4O2. The number of carbonyl (C=O) groups excluding carboxylic acids is 1. The minimum Gasteiger partial charge on any atom is -0.325 e. The number of aromatic nitrogens is 2. The molecular weight excluding hydrogens is 312 g/mol. The lowest BCUT2D eigenvalue weighted by Gasteiger charge is -2.07. The van der Waals surface area contributed by atoms with Crippen LogP contribution in [-0.2, 0) is 4.79 Å². The quantitative estimate of drug-likeness (QED) is 0.628. The van der Waals surface area contributed by atoms with Crippen molar-refractivity contribution < 1.29 is 4.79 Å². The molecule has 0 unspecified atom stereocenters. The topological polar surface area (TPSA) is 89.8 Å². The van der Waals surface area contributed by atoms with Crippen molar-refractivity contribution in [3.8, 4) is 0 Å². The molecule has 1 aromatic heterocycles. The molecule has 7 heteroatoms. The minimum absolute atomic E-state index is 0.0480. The second kappa shape index (κ2) is 6.03. The Bertz CT molecular complexity index is 647. The SMILES string of the molecule is CNCCCC(=O)Nc1cc2[nH]c(=O)[nH]c2cc1Br. The van der Waals surface area contributed by atoms with Crippen molar-refractivity contribution in [1.29, 1.82) is 0 Å². The molecule has 0 atom stereocenters. The summed E-state index contributed by atoms with van der Waals surface area (Å²) in [5.74, 6) is -0.0480. The Morgan fingerprint density at radius 1 is 1.32 bits per heavy atom. The summed E-state index contributed by atoms with van der Waals surface area (Å²) in [6, 6.07) is 3.49.